The topological polar surface area (TPSA) is 60.0 Å². The number of likely N-dealkylation sites (tertiary alicyclic amines) is 1. The molecule has 6 heteroatoms. The predicted octanol–water partition coefficient (Wildman–Crippen LogP) is 5.52. The van der Waals surface area contributed by atoms with E-state index in [4.69, 9.17) is 14.2 Å². The summed E-state index contributed by atoms with van der Waals surface area (Å²) in [5.74, 6) is 2.43. The minimum Gasteiger partial charge on any atom is -0.466 e. The molecule has 2 saturated heterocycles. The van der Waals surface area contributed by atoms with Crippen molar-refractivity contribution in [1.82, 2.24) is 4.90 Å². The van der Waals surface area contributed by atoms with Gasteiger partial charge in [-0.1, -0.05) is 31.5 Å². The van der Waals surface area contributed by atoms with Gasteiger partial charge < -0.3 is 19.5 Å². The Morgan fingerprint density at radius 1 is 1.23 bits per heavy atom. The fraction of sp³-hybridized carbons (Fsp3) is 0.576. The normalized spacial score (nSPS) is 37.8. The van der Waals surface area contributed by atoms with E-state index in [0.717, 1.165) is 42.8 Å². The number of anilines is 1. The number of hydrogen-bond donors (Lipinski definition) is 1. The fourth-order valence-corrected chi connectivity index (χ4v) is 8.93. The summed E-state index contributed by atoms with van der Waals surface area (Å²) in [4.78, 5) is 16.2. The second-order valence-corrected chi connectivity index (χ2v) is 12.8. The molecule has 0 amide bonds. The number of nitrogens with one attached hydrogen (secondary N) is 1. The van der Waals surface area contributed by atoms with Gasteiger partial charge in [0.15, 0.2) is 5.79 Å². The van der Waals surface area contributed by atoms with Gasteiger partial charge in [-0.2, -0.15) is 0 Å². The van der Waals surface area contributed by atoms with Gasteiger partial charge in [-0.15, -0.1) is 0 Å². The molecule has 5 radical (unpaired) electrons. The molecule has 1 N–H and O–H groups in total. The highest BCUT2D eigenvalue weighted by atomic mass is 16.8. The van der Waals surface area contributed by atoms with Crippen molar-refractivity contribution in [3.05, 3.63) is 72.2 Å². The van der Waals surface area contributed by atoms with Crippen molar-refractivity contribution < 1.29 is 19.0 Å². The van der Waals surface area contributed by atoms with Crippen LogP contribution in [0.25, 0.3) is 0 Å². The molecule has 6 nitrogen and oxygen atoms in total. The molecule has 0 unspecified atom stereocenters. The average Bonchev–Trinajstić information content (AvgIpc) is 3.71. The standard InChI is InChI=1S/C33H41N2O4/c1-5-32(20-38-31(2,3)39-32)19-22-18-24(30(36)37-4)28-33(25-13-6-7-14-26(25)34-28)16-17-35(29(22)33)27-15-9-11-21-10-8-12-23(21)27/h6-8,10,12-14,22,27,29,34H,5,9,11,15-20H2,1-4H3/t22-,27-,29-,32+,33-/m1/s1. The molecule has 4 fully saturated rings. The summed E-state index contributed by atoms with van der Waals surface area (Å²) in [5, 5.41) is 3.75. The van der Waals surface area contributed by atoms with Gasteiger partial charge in [0.25, 0.3) is 0 Å². The third-order valence-corrected chi connectivity index (χ3v) is 10.4. The van der Waals surface area contributed by atoms with E-state index in [0.29, 0.717) is 19.1 Å². The fourth-order valence-electron chi connectivity index (χ4n) is 8.93. The zero-order valence-electron chi connectivity index (χ0n) is 23.7. The highest BCUT2D eigenvalue weighted by Gasteiger charge is 2.64. The number of benzene rings is 1. The number of fused-ring (bicyclic) bond motifs is 2. The Hall–Kier alpha value is -1.89. The molecule has 1 aromatic rings. The van der Waals surface area contributed by atoms with Crippen LogP contribution in [0.4, 0.5) is 5.69 Å². The molecular weight excluding hydrogens is 488 g/mol. The minimum atomic E-state index is -0.598. The molecule has 0 bridgehead atoms. The lowest BCUT2D eigenvalue weighted by atomic mass is 9.61. The largest absolute Gasteiger partial charge is 0.466 e. The number of methoxy groups -OCH3 is 1. The zero-order chi connectivity index (χ0) is 27.0. The lowest BCUT2D eigenvalue weighted by Crippen LogP contribution is -2.57. The Balaban J connectivity index is 1.36. The number of para-hydroxylation sites is 1. The van der Waals surface area contributed by atoms with Gasteiger partial charge in [0, 0.05) is 35.9 Å². The summed E-state index contributed by atoms with van der Waals surface area (Å²) in [6.45, 7) is 7.84. The van der Waals surface area contributed by atoms with Crippen LogP contribution in [0.1, 0.15) is 71.3 Å². The second-order valence-electron chi connectivity index (χ2n) is 12.8. The maximum Gasteiger partial charge on any atom is 0.335 e. The van der Waals surface area contributed by atoms with E-state index < -0.39 is 5.79 Å². The number of nitrogens with zero attached hydrogens (tertiary/aromatic N) is 1. The molecule has 5 atom stereocenters. The highest BCUT2D eigenvalue weighted by Crippen LogP contribution is 2.62. The summed E-state index contributed by atoms with van der Waals surface area (Å²) < 4.78 is 18.3. The smallest absolute Gasteiger partial charge is 0.335 e. The number of carbonyl (C=O) groups excluding carboxylic acids is 1. The molecule has 2 saturated carbocycles. The first-order chi connectivity index (χ1) is 18.8. The van der Waals surface area contributed by atoms with E-state index in [-0.39, 0.29) is 28.9 Å². The van der Waals surface area contributed by atoms with Crippen LogP contribution in [-0.2, 0) is 24.4 Å². The van der Waals surface area contributed by atoms with E-state index in [1.54, 1.807) is 0 Å². The van der Waals surface area contributed by atoms with Crippen LogP contribution in [0, 0.1) is 37.0 Å². The Morgan fingerprint density at radius 3 is 2.85 bits per heavy atom. The van der Waals surface area contributed by atoms with E-state index in [1.807, 2.05) is 13.8 Å². The van der Waals surface area contributed by atoms with Gasteiger partial charge in [-0.25, -0.2) is 4.79 Å². The zero-order valence-corrected chi connectivity index (χ0v) is 23.7. The van der Waals surface area contributed by atoms with E-state index in [1.165, 1.54) is 43.8 Å². The molecule has 1 spiro atoms. The van der Waals surface area contributed by atoms with Crippen LogP contribution < -0.4 is 5.32 Å². The lowest BCUT2D eigenvalue weighted by Gasteiger charge is -2.51. The van der Waals surface area contributed by atoms with E-state index in [9.17, 15) is 4.79 Å². The maximum atomic E-state index is 13.4. The molecule has 1 aromatic carbocycles. The maximum absolute atomic E-state index is 13.4. The van der Waals surface area contributed by atoms with Gasteiger partial charge in [0.05, 0.1) is 30.3 Å². The molecular formula is C33H41N2O4. The Kier molecular flexibility index (Phi) is 6.22. The Bertz CT molecular complexity index is 1180. The molecule has 3 heterocycles. The van der Waals surface area contributed by atoms with Gasteiger partial charge in [-0.05, 0) is 95.1 Å². The van der Waals surface area contributed by atoms with Crippen LogP contribution >= 0.6 is 0 Å². The summed E-state index contributed by atoms with van der Waals surface area (Å²) in [6.07, 6.45) is 13.9. The van der Waals surface area contributed by atoms with Crippen LogP contribution in [0.2, 0.25) is 0 Å². The first-order valence-corrected chi connectivity index (χ1v) is 14.8. The summed E-state index contributed by atoms with van der Waals surface area (Å²) in [5.41, 5.74) is 3.70. The third-order valence-electron chi connectivity index (χ3n) is 10.4. The van der Waals surface area contributed by atoms with Gasteiger partial charge in [0.2, 0.25) is 0 Å². The van der Waals surface area contributed by atoms with Crippen molar-refractivity contribution in [3.8, 4) is 0 Å². The molecule has 0 aromatic heterocycles. The third kappa shape index (κ3) is 3.88. The molecule has 6 aliphatic rings. The quantitative estimate of drug-likeness (QED) is 0.507. The second kappa shape index (κ2) is 9.32. The van der Waals surface area contributed by atoms with Crippen LogP contribution in [0.15, 0.2) is 35.5 Å². The predicted molar refractivity (Wildman–Crippen MR) is 150 cm³/mol. The van der Waals surface area contributed by atoms with Crippen LogP contribution in [-0.4, -0.2) is 54.6 Å². The van der Waals surface area contributed by atoms with E-state index in [2.05, 4.69) is 60.7 Å². The number of carbonyl (C=O) groups is 1. The van der Waals surface area contributed by atoms with Crippen LogP contribution in [0.5, 0.6) is 0 Å². The van der Waals surface area contributed by atoms with Crippen LogP contribution in [0.3, 0.4) is 0 Å². The van der Waals surface area contributed by atoms with Crippen molar-refractivity contribution in [2.24, 2.45) is 5.92 Å². The van der Waals surface area contributed by atoms with E-state index >= 15 is 0 Å². The summed E-state index contributed by atoms with van der Waals surface area (Å²) in [7, 11) is 1.51. The van der Waals surface area contributed by atoms with Crippen molar-refractivity contribution in [3.63, 3.8) is 0 Å². The Labute approximate surface area is 233 Å². The Morgan fingerprint density at radius 2 is 2.08 bits per heavy atom. The molecule has 7 rings (SSSR count). The van der Waals surface area contributed by atoms with Gasteiger partial charge in [0.1, 0.15) is 0 Å². The minimum absolute atomic E-state index is 0.211. The number of esters is 1. The number of hydrogen-bond acceptors (Lipinski definition) is 6. The monoisotopic (exact) mass is 529 g/mol. The first kappa shape index (κ1) is 26.0. The van der Waals surface area contributed by atoms with Crippen molar-refractivity contribution in [2.75, 3.05) is 25.6 Å². The number of ether oxygens (including phenoxy) is 3. The first-order valence-electron chi connectivity index (χ1n) is 14.8. The summed E-state index contributed by atoms with van der Waals surface area (Å²) in [6, 6.07) is 9.34. The van der Waals surface area contributed by atoms with Crippen molar-refractivity contribution >= 4 is 11.7 Å². The van der Waals surface area contributed by atoms with Gasteiger partial charge in [-0.3, -0.25) is 4.90 Å². The van der Waals surface area contributed by atoms with Crippen molar-refractivity contribution in [2.45, 2.75) is 94.6 Å². The summed E-state index contributed by atoms with van der Waals surface area (Å²) >= 11 is 0. The molecule has 207 valence electrons. The van der Waals surface area contributed by atoms with Crippen molar-refractivity contribution in [1.29, 1.82) is 0 Å². The molecule has 3 aliphatic carbocycles. The van der Waals surface area contributed by atoms with Gasteiger partial charge >= 0.3 is 5.97 Å². The SMILES string of the molecule is CC[C@]1(C[C@H]2CC(C(=O)OC)=C3Nc4ccccc4[C@]34CCN([C@@H]3CCC[C]5[CH][CH][CH][C]53)[C@H]24)COC(C)(C)O1. The number of rotatable bonds is 5. The average molecular weight is 530 g/mol. The highest BCUT2D eigenvalue weighted by molar-refractivity contribution is 5.93. The molecule has 39 heavy (non-hydrogen) atoms. The molecule has 3 aliphatic heterocycles. The lowest BCUT2D eigenvalue weighted by molar-refractivity contribution is -0.167.